The summed E-state index contributed by atoms with van der Waals surface area (Å²) in [4.78, 5) is 48.5. The Balaban J connectivity index is 1.57. The molecule has 1 aliphatic rings. The van der Waals surface area contributed by atoms with Crippen molar-refractivity contribution < 1.29 is 33.0 Å². The van der Waals surface area contributed by atoms with Crippen LogP contribution in [0.15, 0.2) is 27.4 Å². The predicted molar refractivity (Wildman–Crippen MR) is 128 cm³/mol. The van der Waals surface area contributed by atoms with E-state index in [-0.39, 0.29) is 35.4 Å². The lowest BCUT2D eigenvalue weighted by atomic mass is 9.82. The summed E-state index contributed by atoms with van der Waals surface area (Å²) in [7, 11) is 1.26. The number of hydrogen-bond donors (Lipinski definition) is 1. The number of amides is 1. The van der Waals surface area contributed by atoms with E-state index in [1.807, 2.05) is 20.8 Å². The topological polar surface area (TPSA) is 121 Å². The largest absolute Gasteiger partial charge is 0.469 e. The van der Waals surface area contributed by atoms with Gasteiger partial charge in [-0.25, -0.2) is 9.59 Å². The summed E-state index contributed by atoms with van der Waals surface area (Å²) in [6.07, 6.45) is 2.31. The van der Waals surface area contributed by atoms with Gasteiger partial charge in [0.2, 0.25) is 0 Å². The molecule has 1 heterocycles. The Morgan fingerprint density at radius 2 is 1.80 bits per heavy atom. The summed E-state index contributed by atoms with van der Waals surface area (Å²) in [5.74, 6) is -0.521. The zero-order valence-corrected chi connectivity index (χ0v) is 20.9. The lowest BCUT2D eigenvalue weighted by molar-refractivity contribution is -0.141. The van der Waals surface area contributed by atoms with E-state index in [0.717, 1.165) is 12.8 Å². The fraction of sp³-hybridized carbons (Fsp3) is 0.538. The number of aryl methyl sites for hydroxylation is 1. The van der Waals surface area contributed by atoms with E-state index < -0.39 is 23.3 Å². The maximum absolute atomic E-state index is 12.7. The van der Waals surface area contributed by atoms with E-state index in [0.29, 0.717) is 36.1 Å². The van der Waals surface area contributed by atoms with Crippen molar-refractivity contribution in [1.29, 1.82) is 0 Å². The van der Waals surface area contributed by atoms with E-state index in [1.54, 1.807) is 19.1 Å². The van der Waals surface area contributed by atoms with Crippen LogP contribution in [0.25, 0.3) is 11.0 Å². The highest BCUT2D eigenvalue weighted by atomic mass is 16.6. The number of methoxy groups -OCH3 is 1. The number of rotatable bonds is 6. The number of hydrogen-bond acceptors (Lipinski definition) is 8. The first-order valence-corrected chi connectivity index (χ1v) is 11.8. The number of benzene rings is 1. The SMILES string of the molecule is COC(=O)Cc1c(C)c2ccc(OC(=O)C3CCC(CNC(=O)OC(C)(C)C)CC3)cc2oc1=O. The lowest BCUT2D eigenvalue weighted by Crippen LogP contribution is -2.36. The number of carbonyl (C=O) groups is 3. The average molecular weight is 488 g/mol. The smallest absolute Gasteiger partial charge is 0.407 e. The summed E-state index contributed by atoms with van der Waals surface area (Å²) in [5, 5.41) is 3.45. The van der Waals surface area contributed by atoms with Crippen molar-refractivity contribution in [2.75, 3.05) is 13.7 Å². The van der Waals surface area contributed by atoms with Gasteiger partial charge in [-0.15, -0.1) is 0 Å². The fourth-order valence-corrected chi connectivity index (χ4v) is 4.20. The summed E-state index contributed by atoms with van der Waals surface area (Å²) in [5.41, 5.74) is -0.0173. The van der Waals surface area contributed by atoms with Gasteiger partial charge >= 0.3 is 23.7 Å². The minimum absolute atomic E-state index is 0.173. The van der Waals surface area contributed by atoms with Gasteiger partial charge < -0.3 is 23.9 Å². The summed E-state index contributed by atoms with van der Waals surface area (Å²) in [6.45, 7) is 7.69. The van der Waals surface area contributed by atoms with Gasteiger partial charge in [0.25, 0.3) is 0 Å². The van der Waals surface area contributed by atoms with Gasteiger partial charge in [0.15, 0.2) is 0 Å². The molecule has 0 bridgehead atoms. The van der Waals surface area contributed by atoms with Crippen molar-refractivity contribution in [2.45, 2.75) is 65.4 Å². The van der Waals surface area contributed by atoms with E-state index >= 15 is 0 Å². The third kappa shape index (κ3) is 7.07. The Labute approximate surface area is 204 Å². The molecule has 0 spiro atoms. The molecule has 0 saturated heterocycles. The van der Waals surface area contributed by atoms with Crippen LogP contribution >= 0.6 is 0 Å². The van der Waals surface area contributed by atoms with Gasteiger partial charge in [-0.05, 0) is 77.0 Å². The molecular weight excluding hydrogens is 454 g/mol. The molecule has 0 radical (unpaired) electrons. The van der Waals surface area contributed by atoms with Gasteiger partial charge in [0, 0.05) is 18.0 Å². The van der Waals surface area contributed by atoms with Crippen LogP contribution in [-0.4, -0.2) is 37.3 Å². The summed E-state index contributed by atoms with van der Waals surface area (Å²) >= 11 is 0. The Morgan fingerprint density at radius 3 is 2.43 bits per heavy atom. The van der Waals surface area contributed by atoms with Crippen LogP contribution in [-0.2, 0) is 25.5 Å². The van der Waals surface area contributed by atoms with Crippen molar-refractivity contribution in [3.8, 4) is 5.75 Å². The summed E-state index contributed by atoms with van der Waals surface area (Å²) in [6, 6.07) is 4.86. The van der Waals surface area contributed by atoms with E-state index in [9.17, 15) is 19.2 Å². The molecular formula is C26H33NO8. The van der Waals surface area contributed by atoms with Crippen molar-refractivity contribution in [3.63, 3.8) is 0 Å². The van der Waals surface area contributed by atoms with Crippen LogP contribution in [0, 0.1) is 18.8 Å². The molecule has 0 unspecified atom stereocenters. The molecule has 0 aliphatic heterocycles. The molecule has 1 aromatic heterocycles. The monoisotopic (exact) mass is 487 g/mol. The number of fused-ring (bicyclic) bond motifs is 1. The van der Waals surface area contributed by atoms with Gasteiger partial charge in [0.1, 0.15) is 16.9 Å². The molecule has 9 nitrogen and oxygen atoms in total. The van der Waals surface area contributed by atoms with Gasteiger partial charge in [-0.3, -0.25) is 9.59 Å². The first-order chi connectivity index (χ1) is 16.5. The Bertz CT molecular complexity index is 1150. The Hall–Kier alpha value is -3.36. The standard InChI is InChI=1S/C26H33NO8/c1-15-19-11-10-18(12-21(19)34-24(30)20(15)13-22(28)32-5)33-23(29)17-8-6-16(7-9-17)14-27-25(31)35-26(2,3)4/h10-12,16-17H,6-9,13-14H2,1-5H3,(H,27,31). The molecule has 190 valence electrons. The Kier molecular flexibility index (Phi) is 8.19. The highest BCUT2D eigenvalue weighted by Crippen LogP contribution is 2.31. The molecule has 1 amide bonds. The first-order valence-electron chi connectivity index (χ1n) is 11.8. The third-order valence-corrected chi connectivity index (χ3v) is 6.14. The molecule has 35 heavy (non-hydrogen) atoms. The number of esters is 2. The fourth-order valence-electron chi connectivity index (χ4n) is 4.20. The second kappa shape index (κ2) is 10.9. The lowest BCUT2D eigenvalue weighted by Gasteiger charge is -2.28. The summed E-state index contributed by atoms with van der Waals surface area (Å²) < 4.78 is 20.9. The van der Waals surface area contributed by atoms with E-state index in [1.165, 1.54) is 13.2 Å². The second-order valence-electron chi connectivity index (χ2n) is 9.93. The van der Waals surface area contributed by atoms with Crippen LogP contribution in [0.1, 0.15) is 57.6 Å². The zero-order valence-electron chi connectivity index (χ0n) is 20.9. The molecule has 1 saturated carbocycles. The molecule has 2 aromatic rings. The first kappa shape index (κ1) is 26.2. The Morgan fingerprint density at radius 1 is 1.11 bits per heavy atom. The van der Waals surface area contributed by atoms with Crippen LogP contribution in [0.5, 0.6) is 5.75 Å². The van der Waals surface area contributed by atoms with Crippen LogP contribution < -0.4 is 15.7 Å². The molecule has 1 fully saturated rings. The molecule has 9 heteroatoms. The highest BCUT2D eigenvalue weighted by Gasteiger charge is 2.28. The van der Waals surface area contributed by atoms with Crippen molar-refractivity contribution >= 4 is 29.0 Å². The van der Waals surface area contributed by atoms with Gasteiger partial charge in [0.05, 0.1) is 25.0 Å². The predicted octanol–water partition coefficient (Wildman–Crippen LogP) is 4.05. The highest BCUT2D eigenvalue weighted by molar-refractivity contribution is 5.85. The van der Waals surface area contributed by atoms with Crippen molar-refractivity contribution in [1.82, 2.24) is 5.32 Å². The zero-order chi connectivity index (χ0) is 25.8. The molecule has 1 N–H and O–H groups in total. The number of alkyl carbamates (subject to hydrolysis) is 1. The minimum atomic E-state index is -0.623. The molecule has 3 rings (SSSR count). The maximum atomic E-state index is 12.7. The third-order valence-electron chi connectivity index (χ3n) is 6.14. The number of nitrogens with one attached hydrogen (secondary N) is 1. The second-order valence-corrected chi connectivity index (χ2v) is 9.93. The minimum Gasteiger partial charge on any atom is -0.469 e. The van der Waals surface area contributed by atoms with Crippen LogP contribution in [0.4, 0.5) is 4.79 Å². The van der Waals surface area contributed by atoms with Crippen LogP contribution in [0.2, 0.25) is 0 Å². The molecule has 1 aromatic carbocycles. The van der Waals surface area contributed by atoms with E-state index in [4.69, 9.17) is 13.9 Å². The van der Waals surface area contributed by atoms with Gasteiger partial charge in [-0.1, -0.05) is 0 Å². The average Bonchev–Trinajstić information content (AvgIpc) is 2.79. The molecule has 0 atom stereocenters. The van der Waals surface area contributed by atoms with E-state index in [2.05, 4.69) is 10.1 Å². The van der Waals surface area contributed by atoms with Crippen LogP contribution in [0.3, 0.4) is 0 Å². The quantitative estimate of drug-likeness (QED) is 0.368. The number of carbonyl (C=O) groups excluding carboxylic acids is 3. The normalized spacial score (nSPS) is 18.1. The number of ether oxygens (including phenoxy) is 3. The van der Waals surface area contributed by atoms with Crippen molar-refractivity contribution in [2.24, 2.45) is 11.8 Å². The maximum Gasteiger partial charge on any atom is 0.407 e. The van der Waals surface area contributed by atoms with Gasteiger partial charge in [-0.2, -0.15) is 0 Å². The van der Waals surface area contributed by atoms with Crippen molar-refractivity contribution in [3.05, 3.63) is 39.7 Å². The molecule has 1 aliphatic carbocycles.